The maximum absolute atomic E-state index is 13.0. The second-order valence-corrected chi connectivity index (χ2v) is 6.89. The molecule has 2 aromatic carbocycles. The summed E-state index contributed by atoms with van der Waals surface area (Å²) in [4.78, 5) is 13.0. The highest BCUT2D eigenvalue weighted by Crippen LogP contribution is 2.34. The van der Waals surface area contributed by atoms with Crippen LogP contribution in [0.2, 0.25) is 0 Å². The molecule has 0 aliphatic rings. The standard InChI is InChI=1S/C21H27NO3/c1-14(2)16-9-7-8-10-17(16)22-20(23)21(3,4)15-11-12-18(24-5)19(13-15)25-6/h7-14H,1-6H3,(H,22,23). The Morgan fingerprint density at radius 3 is 2.24 bits per heavy atom. The minimum Gasteiger partial charge on any atom is -0.493 e. The number of ether oxygens (including phenoxy) is 2. The quantitative estimate of drug-likeness (QED) is 0.825. The predicted octanol–water partition coefficient (Wildman–Crippen LogP) is 4.74. The van der Waals surface area contributed by atoms with Gasteiger partial charge in [-0.15, -0.1) is 0 Å². The first-order chi connectivity index (χ1) is 11.8. The number of nitrogens with one attached hydrogen (secondary N) is 1. The van der Waals surface area contributed by atoms with Gasteiger partial charge in [0.15, 0.2) is 11.5 Å². The van der Waals surface area contributed by atoms with Crippen LogP contribution in [-0.4, -0.2) is 20.1 Å². The zero-order valence-corrected chi connectivity index (χ0v) is 15.8. The molecular formula is C21H27NO3. The molecule has 2 rings (SSSR count). The van der Waals surface area contributed by atoms with Crippen LogP contribution in [0.15, 0.2) is 42.5 Å². The average molecular weight is 341 g/mol. The van der Waals surface area contributed by atoms with Crippen LogP contribution >= 0.6 is 0 Å². The molecule has 0 aliphatic heterocycles. The van der Waals surface area contributed by atoms with Gasteiger partial charge in [-0.05, 0) is 49.1 Å². The zero-order valence-electron chi connectivity index (χ0n) is 15.8. The molecule has 134 valence electrons. The van der Waals surface area contributed by atoms with E-state index in [2.05, 4.69) is 19.2 Å². The normalized spacial score (nSPS) is 11.3. The number of hydrogen-bond donors (Lipinski definition) is 1. The van der Waals surface area contributed by atoms with E-state index in [0.717, 1.165) is 16.8 Å². The molecule has 0 heterocycles. The number of carbonyl (C=O) groups is 1. The topological polar surface area (TPSA) is 47.6 Å². The van der Waals surface area contributed by atoms with Crippen molar-refractivity contribution in [3.8, 4) is 11.5 Å². The van der Waals surface area contributed by atoms with Crippen molar-refractivity contribution in [3.05, 3.63) is 53.6 Å². The Morgan fingerprint density at radius 1 is 1.00 bits per heavy atom. The number of rotatable bonds is 6. The Kier molecular flexibility index (Phi) is 5.73. The minimum atomic E-state index is -0.719. The summed E-state index contributed by atoms with van der Waals surface area (Å²) < 4.78 is 10.6. The van der Waals surface area contributed by atoms with Gasteiger partial charge in [-0.1, -0.05) is 38.1 Å². The van der Waals surface area contributed by atoms with Crippen molar-refractivity contribution in [2.75, 3.05) is 19.5 Å². The van der Waals surface area contributed by atoms with Crippen LogP contribution in [0, 0.1) is 0 Å². The second kappa shape index (κ2) is 7.60. The third kappa shape index (κ3) is 3.95. The first-order valence-corrected chi connectivity index (χ1v) is 8.44. The molecule has 1 amide bonds. The van der Waals surface area contributed by atoms with Crippen molar-refractivity contribution in [1.82, 2.24) is 0 Å². The third-order valence-corrected chi connectivity index (χ3v) is 4.50. The van der Waals surface area contributed by atoms with Crippen molar-refractivity contribution >= 4 is 11.6 Å². The molecule has 0 atom stereocenters. The highest BCUT2D eigenvalue weighted by molar-refractivity contribution is 5.99. The summed E-state index contributed by atoms with van der Waals surface area (Å²) in [5.41, 5.74) is 2.13. The van der Waals surface area contributed by atoms with Gasteiger partial charge in [0.1, 0.15) is 0 Å². The number of anilines is 1. The van der Waals surface area contributed by atoms with Crippen molar-refractivity contribution in [2.24, 2.45) is 0 Å². The Balaban J connectivity index is 2.32. The van der Waals surface area contributed by atoms with E-state index >= 15 is 0 Å². The smallest absolute Gasteiger partial charge is 0.234 e. The Morgan fingerprint density at radius 2 is 1.64 bits per heavy atom. The molecule has 25 heavy (non-hydrogen) atoms. The van der Waals surface area contributed by atoms with Crippen LogP contribution in [0.1, 0.15) is 44.7 Å². The molecule has 0 saturated heterocycles. The summed E-state index contributed by atoms with van der Waals surface area (Å²) in [5.74, 6) is 1.53. The van der Waals surface area contributed by atoms with Crippen molar-refractivity contribution in [2.45, 2.75) is 39.0 Å². The van der Waals surface area contributed by atoms with Gasteiger partial charge in [0.2, 0.25) is 5.91 Å². The van der Waals surface area contributed by atoms with Gasteiger partial charge in [-0.3, -0.25) is 4.79 Å². The number of para-hydroxylation sites is 1. The Bertz CT molecular complexity index is 751. The summed E-state index contributed by atoms with van der Waals surface area (Å²) in [6.45, 7) is 8.04. The summed E-state index contributed by atoms with van der Waals surface area (Å²) >= 11 is 0. The second-order valence-electron chi connectivity index (χ2n) is 6.89. The molecule has 0 fully saturated rings. The van der Waals surface area contributed by atoms with Crippen molar-refractivity contribution in [1.29, 1.82) is 0 Å². The van der Waals surface area contributed by atoms with Crippen molar-refractivity contribution < 1.29 is 14.3 Å². The fourth-order valence-corrected chi connectivity index (χ4v) is 2.75. The van der Waals surface area contributed by atoms with Gasteiger partial charge < -0.3 is 14.8 Å². The lowest BCUT2D eigenvalue weighted by Gasteiger charge is -2.26. The number of benzene rings is 2. The van der Waals surface area contributed by atoms with Gasteiger partial charge in [0.25, 0.3) is 0 Å². The average Bonchev–Trinajstić information content (AvgIpc) is 2.61. The highest BCUT2D eigenvalue weighted by atomic mass is 16.5. The predicted molar refractivity (Wildman–Crippen MR) is 102 cm³/mol. The van der Waals surface area contributed by atoms with Crippen LogP contribution in [0.5, 0.6) is 11.5 Å². The maximum Gasteiger partial charge on any atom is 0.234 e. The number of methoxy groups -OCH3 is 2. The van der Waals surface area contributed by atoms with Crippen molar-refractivity contribution in [3.63, 3.8) is 0 Å². The van der Waals surface area contributed by atoms with Gasteiger partial charge >= 0.3 is 0 Å². The molecule has 0 aromatic heterocycles. The molecule has 0 spiro atoms. The number of hydrogen-bond acceptors (Lipinski definition) is 3. The lowest BCUT2D eigenvalue weighted by atomic mass is 9.83. The lowest BCUT2D eigenvalue weighted by Crippen LogP contribution is -2.35. The van der Waals surface area contributed by atoms with Crippen LogP contribution in [0.4, 0.5) is 5.69 Å². The van der Waals surface area contributed by atoms with Crippen LogP contribution in [-0.2, 0) is 10.2 Å². The van der Waals surface area contributed by atoms with E-state index < -0.39 is 5.41 Å². The molecule has 0 saturated carbocycles. The first-order valence-electron chi connectivity index (χ1n) is 8.44. The fourth-order valence-electron chi connectivity index (χ4n) is 2.75. The monoisotopic (exact) mass is 341 g/mol. The van der Waals surface area contributed by atoms with Crippen LogP contribution < -0.4 is 14.8 Å². The summed E-state index contributed by atoms with van der Waals surface area (Å²) in [6.07, 6.45) is 0. The van der Waals surface area contributed by atoms with E-state index in [9.17, 15) is 4.79 Å². The highest BCUT2D eigenvalue weighted by Gasteiger charge is 2.31. The zero-order chi connectivity index (χ0) is 18.6. The van der Waals surface area contributed by atoms with Gasteiger partial charge in [-0.2, -0.15) is 0 Å². The first kappa shape index (κ1) is 18.8. The fraction of sp³-hybridized carbons (Fsp3) is 0.381. The molecule has 4 heteroatoms. The summed E-state index contributed by atoms with van der Waals surface area (Å²) in [6, 6.07) is 13.5. The molecule has 0 bridgehead atoms. The molecule has 0 aliphatic carbocycles. The van der Waals surface area contributed by atoms with E-state index in [-0.39, 0.29) is 5.91 Å². The summed E-state index contributed by atoms with van der Waals surface area (Å²) in [5, 5.41) is 3.09. The van der Waals surface area contributed by atoms with Gasteiger partial charge in [0, 0.05) is 5.69 Å². The van der Waals surface area contributed by atoms with E-state index in [4.69, 9.17) is 9.47 Å². The number of carbonyl (C=O) groups excluding carboxylic acids is 1. The SMILES string of the molecule is COc1ccc(C(C)(C)C(=O)Nc2ccccc2C(C)C)cc1OC. The van der Waals surface area contributed by atoms with E-state index in [0.29, 0.717) is 17.4 Å². The van der Waals surface area contributed by atoms with E-state index in [1.807, 2.05) is 56.3 Å². The molecular weight excluding hydrogens is 314 g/mol. The Hall–Kier alpha value is -2.49. The lowest BCUT2D eigenvalue weighted by molar-refractivity contribution is -0.120. The van der Waals surface area contributed by atoms with E-state index in [1.165, 1.54) is 0 Å². The molecule has 4 nitrogen and oxygen atoms in total. The van der Waals surface area contributed by atoms with Gasteiger partial charge in [0.05, 0.1) is 19.6 Å². The van der Waals surface area contributed by atoms with Crippen LogP contribution in [0.3, 0.4) is 0 Å². The molecule has 0 radical (unpaired) electrons. The van der Waals surface area contributed by atoms with Gasteiger partial charge in [-0.25, -0.2) is 0 Å². The molecule has 2 aromatic rings. The van der Waals surface area contributed by atoms with Crippen LogP contribution in [0.25, 0.3) is 0 Å². The molecule has 0 unspecified atom stereocenters. The van der Waals surface area contributed by atoms with E-state index in [1.54, 1.807) is 14.2 Å². The number of amides is 1. The summed E-state index contributed by atoms with van der Waals surface area (Å²) in [7, 11) is 3.19. The third-order valence-electron chi connectivity index (χ3n) is 4.50. The largest absolute Gasteiger partial charge is 0.493 e. The molecule has 1 N–H and O–H groups in total. The Labute approximate surface area is 150 Å². The maximum atomic E-state index is 13.0. The minimum absolute atomic E-state index is 0.0622.